The van der Waals surface area contributed by atoms with E-state index in [9.17, 15) is 4.79 Å². The quantitative estimate of drug-likeness (QED) is 0.824. The highest BCUT2D eigenvalue weighted by molar-refractivity contribution is 7.80. The summed E-state index contributed by atoms with van der Waals surface area (Å²) in [5.74, 6) is 0.0283. The minimum Gasteiger partial charge on any atom is -0.487 e. The summed E-state index contributed by atoms with van der Waals surface area (Å²) in [4.78, 5) is 11.7. The summed E-state index contributed by atoms with van der Waals surface area (Å²) in [5, 5.41) is 3.15. The normalized spacial score (nSPS) is 10.1. The molecule has 0 radical (unpaired) electrons. The maximum absolute atomic E-state index is 11.7. The van der Waals surface area contributed by atoms with Crippen LogP contribution in [-0.4, -0.2) is 11.0 Å². The van der Waals surface area contributed by atoms with Gasteiger partial charge in [0.05, 0.1) is 5.02 Å². The van der Waals surface area contributed by atoms with E-state index in [0.717, 1.165) is 5.56 Å². The predicted octanol–water partition coefficient (Wildman–Crippen LogP) is 3.55. The van der Waals surface area contributed by atoms with Crippen LogP contribution in [0.2, 0.25) is 10.0 Å². The predicted molar refractivity (Wildman–Crippen MR) is 91.5 cm³/mol. The number of halogens is 2. The molecule has 3 N–H and O–H groups in total. The lowest BCUT2D eigenvalue weighted by Crippen LogP contribution is -2.34. The Balaban J connectivity index is 2.08. The Morgan fingerprint density at radius 1 is 1.18 bits per heavy atom. The zero-order valence-corrected chi connectivity index (χ0v) is 13.6. The lowest BCUT2D eigenvalue weighted by atomic mass is 10.2. The third kappa shape index (κ3) is 4.34. The molecule has 0 saturated carbocycles. The number of thiocarbonyl (C=S) groups is 1. The number of ether oxygens (including phenoxy) is 1. The van der Waals surface area contributed by atoms with E-state index in [1.165, 1.54) is 6.07 Å². The Kier molecular flexibility index (Phi) is 5.60. The van der Waals surface area contributed by atoms with Crippen LogP contribution in [0.15, 0.2) is 42.5 Å². The summed E-state index contributed by atoms with van der Waals surface area (Å²) in [5.41, 5.74) is 6.43. The molecule has 0 atom stereocenters. The van der Waals surface area contributed by atoms with Crippen LogP contribution in [0.5, 0.6) is 5.75 Å². The van der Waals surface area contributed by atoms with Gasteiger partial charge in [0.15, 0.2) is 5.11 Å². The Labute approximate surface area is 143 Å². The van der Waals surface area contributed by atoms with Crippen molar-refractivity contribution in [3.05, 3.63) is 63.6 Å². The van der Waals surface area contributed by atoms with E-state index >= 15 is 0 Å². The molecular weight excluding hydrogens is 343 g/mol. The van der Waals surface area contributed by atoms with Crippen molar-refractivity contribution < 1.29 is 9.53 Å². The van der Waals surface area contributed by atoms with Gasteiger partial charge in [-0.2, -0.15) is 0 Å². The van der Waals surface area contributed by atoms with Gasteiger partial charge in [-0.3, -0.25) is 10.1 Å². The average molecular weight is 355 g/mol. The van der Waals surface area contributed by atoms with E-state index in [1.807, 2.05) is 18.2 Å². The Morgan fingerprint density at radius 2 is 1.91 bits per heavy atom. The van der Waals surface area contributed by atoms with Gasteiger partial charge in [0.2, 0.25) is 0 Å². The van der Waals surface area contributed by atoms with Crippen LogP contribution in [0.4, 0.5) is 0 Å². The van der Waals surface area contributed by atoms with Gasteiger partial charge >= 0.3 is 0 Å². The lowest BCUT2D eigenvalue weighted by Gasteiger charge is -2.10. The van der Waals surface area contributed by atoms with Crippen LogP contribution < -0.4 is 15.8 Å². The first-order valence-corrected chi connectivity index (χ1v) is 7.40. The molecule has 22 heavy (non-hydrogen) atoms. The number of benzene rings is 2. The first-order chi connectivity index (χ1) is 10.5. The van der Waals surface area contributed by atoms with Crippen LogP contribution in [0, 0.1) is 0 Å². The van der Waals surface area contributed by atoms with Gasteiger partial charge < -0.3 is 10.5 Å². The second kappa shape index (κ2) is 7.45. The van der Waals surface area contributed by atoms with Crippen molar-refractivity contribution in [3.63, 3.8) is 0 Å². The molecule has 114 valence electrons. The van der Waals surface area contributed by atoms with Crippen LogP contribution in [-0.2, 0) is 6.61 Å². The van der Waals surface area contributed by atoms with Crippen molar-refractivity contribution in [2.45, 2.75) is 6.61 Å². The summed E-state index contributed by atoms with van der Waals surface area (Å²) < 4.78 is 5.62. The number of nitrogens with one attached hydrogen (secondary N) is 1. The van der Waals surface area contributed by atoms with E-state index < -0.39 is 5.91 Å². The highest BCUT2D eigenvalue weighted by Crippen LogP contribution is 2.27. The summed E-state index contributed by atoms with van der Waals surface area (Å²) in [6.07, 6.45) is 0. The Bertz CT molecular complexity index is 722. The number of amides is 1. The maximum Gasteiger partial charge on any atom is 0.257 e. The van der Waals surface area contributed by atoms with Crippen molar-refractivity contribution in [3.8, 4) is 5.75 Å². The lowest BCUT2D eigenvalue weighted by molar-refractivity contribution is 0.0977. The monoisotopic (exact) mass is 354 g/mol. The minimum absolute atomic E-state index is 0.0971. The topological polar surface area (TPSA) is 64.3 Å². The van der Waals surface area contributed by atoms with Gasteiger partial charge in [0.25, 0.3) is 5.91 Å². The minimum atomic E-state index is -0.424. The zero-order chi connectivity index (χ0) is 16.1. The molecule has 0 aliphatic carbocycles. The van der Waals surface area contributed by atoms with Crippen molar-refractivity contribution in [2.24, 2.45) is 5.73 Å². The van der Waals surface area contributed by atoms with Gasteiger partial charge in [-0.05, 0) is 36.5 Å². The Hall–Kier alpha value is -1.82. The summed E-state index contributed by atoms with van der Waals surface area (Å²) >= 11 is 16.8. The largest absolute Gasteiger partial charge is 0.487 e. The molecule has 0 bridgehead atoms. The van der Waals surface area contributed by atoms with E-state index in [1.54, 1.807) is 18.2 Å². The van der Waals surface area contributed by atoms with E-state index in [-0.39, 0.29) is 11.7 Å². The second-order valence-electron chi connectivity index (χ2n) is 4.34. The molecule has 2 aromatic carbocycles. The fourth-order valence-corrected chi connectivity index (χ4v) is 2.23. The number of hydrogen-bond donors (Lipinski definition) is 2. The van der Waals surface area contributed by atoms with Crippen molar-refractivity contribution in [1.29, 1.82) is 0 Å². The van der Waals surface area contributed by atoms with E-state index in [4.69, 9.17) is 33.7 Å². The maximum atomic E-state index is 11.7. The molecule has 0 aliphatic rings. The first-order valence-electron chi connectivity index (χ1n) is 6.24. The van der Waals surface area contributed by atoms with E-state index in [0.29, 0.717) is 21.4 Å². The molecule has 0 saturated heterocycles. The molecule has 7 heteroatoms. The third-order valence-corrected chi connectivity index (χ3v) is 3.54. The zero-order valence-electron chi connectivity index (χ0n) is 11.3. The second-order valence-corrected chi connectivity index (χ2v) is 5.60. The molecule has 0 aromatic heterocycles. The third-order valence-electron chi connectivity index (χ3n) is 2.77. The molecule has 0 spiro atoms. The molecule has 1 amide bonds. The number of nitrogens with two attached hydrogens (primary N) is 1. The highest BCUT2D eigenvalue weighted by atomic mass is 35.5. The Morgan fingerprint density at radius 3 is 2.55 bits per heavy atom. The summed E-state index contributed by atoms with van der Waals surface area (Å²) in [7, 11) is 0. The number of carbonyl (C=O) groups excluding carboxylic acids is 1. The van der Waals surface area contributed by atoms with Crippen LogP contribution in [0.3, 0.4) is 0 Å². The van der Waals surface area contributed by atoms with Gasteiger partial charge in [-0.15, -0.1) is 0 Å². The number of rotatable bonds is 4. The SMILES string of the molecule is NC(=S)NC(=O)c1ccc(OCc2ccccc2Cl)c(Cl)c1. The summed E-state index contributed by atoms with van der Waals surface area (Å²) in [6, 6.07) is 12.0. The highest BCUT2D eigenvalue weighted by Gasteiger charge is 2.10. The first kappa shape index (κ1) is 16.5. The fourth-order valence-electron chi connectivity index (χ4n) is 1.71. The molecule has 2 rings (SSSR count). The van der Waals surface area contributed by atoms with Gasteiger partial charge in [-0.1, -0.05) is 41.4 Å². The summed E-state index contributed by atoms with van der Waals surface area (Å²) in [6.45, 7) is 0.276. The number of hydrogen-bond acceptors (Lipinski definition) is 3. The fraction of sp³-hybridized carbons (Fsp3) is 0.0667. The molecule has 2 aromatic rings. The molecule has 0 heterocycles. The molecule has 0 aliphatic heterocycles. The average Bonchev–Trinajstić information content (AvgIpc) is 2.46. The molecular formula is C15H12Cl2N2O2S. The van der Waals surface area contributed by atoms with Gasteiger partial charge in [0.1, 0.15) is 12.4 Å². The molecule has 4 nitrogen and oxygen atoms in total. The van der Waals surface area contributed by atoms with Crippen molar-refractivity contribution >= 4 is 46.4 Å². The number of carbonyl (C=O) groups is 1. The van der Waals surface area contributed by atoms with Crippen LogP contribution >= 0.6 is 35.4 Å². The van der Waals surface area contributed by atoms with E-state index in [2.05, 4.69) is 17.5 Å². The molecule has 0 fully saturated rings. The van der Waals surface area contributed by atoms with Crippen molar-refractivity contribution in [1.82, 2.24) is 5.32 Å². The van der Waals surface area contributed by atoms with Crippen LogP contribution in [0.1, 0.15) is 15.9 Å². The smallest absolute Gasteiger partial charge is 0.257 e. The van der Waals surface area contributed by atoms with Gasteiger partial charge in [0, 0.05) is 16.1 Å². The standard InChI is InChI=1S/C15H12Cl2N2O2S/c16-11-4-2-1-3-10(11)8-21-13-6-5-9(7-12(13)17)14(20)19-15(18)22/h1-7H,8H2,(H3,18,19,20,22). The molecule has 0 unspecified atom stereocenters. The van der Waals surface area contributed by atoms with Crippen LogP contribution in [0.25, 0.3) is 0 Å². The van der Waals surface area contributed by atoms with Gasteiger partial charge in [-0.25, -0.2) is 0 Å². The van der Waals surface area contributed by atoms with Crippen molar-refractivity contribution in [2.75, 3.05) is 0 Å².